The minimum Gasteiger partial charge on any atom is -0.463 e. The first-order valence-corrected chi connectivity index (χ1v) is 5.80. The number of rotatable bonds is 5. The molecule has 0 spiro atoms. The van der Waals surface area contributed by atoms with Gasteiger partial charge in [-0.1, -0.05) is 11.6 Å². The highest BCUT2D eigenvalue weighted by molar-refractivity contribution is 6.30. The minimum absolute atomic E-state index is 0.136. The molecule has 4 nitrogen and oxygen atoms in total. The van der Waals surface area contributed by atoms with Gasteiger partial charge in [0.2, 0.25) is 0 Å². The Balaban J connectivity index is 2.39. The molecule has 0 aromatic heterocycles. The Kier molecular flexibility index (Phi) is 5.80. The van der Waals surface area contributed by atoms with E-state index < -0.39 is 5.97 Å². The van der Waals surface area contributed by atoms with Crippen LogP contribution in [0.15, 0.2) is 24.3 Å². The van der Waals surface area contributed by atoms with Crippen LogP contribution in [0.4, 0.5) is 0 Å². The number of hydrogen-bond donors (Lipinski definition) is 1. The van der Waals surface area contributed by atoms with Crippen LogP contribution in [0.3, 0.4) is 0 Å². The number of halogens is 2. The van der Waals surface area contributed by atoms with Gasteiger partial charge >= 0.3 is 5.97 Å². The summed E-state index contributed by atoms with van der Waals surface area (Å²) in [5.41, 5.74) is 0.430. The normalized spacial score (nSPS) is 9.76. The van der Waals surface area contributed by atoms with E-state index in [0.717, 1.165) is 0 Å². The first kappa shape index (κ1) is 13.8. The zero-order valence-electron chi connectivity index (χ0n) is 8.91. The van der Waals surface area contributed by atoms with E-state index in [1.807, 2.05) is 0 Å². The zero-order valence-corrected chi connectivity index (χ0v) is 10.4. The van der Waals surface area contributed by atoms with Gasteiger partial charge in [0.25, 0.3) is 5.91 Å². The van der Waals surface area contributed by atoms with Crippen LogP contribution in [0.2, 0.25) is 5.02 Å². The van der Waals surface area contributed by atoms with Crippen molar-refractivity contribution >= 4 is 35.1 Å². The molecule has 1 rings (SSSR count). The third-order valence-electron chi connectivity index (χ3n) is 1.84. The highest BCUT2D eigenvalue weighted by atomic mass is 35.5. The average Bonchev–Trinajstić information content (AvgIpc) is 2.34. The lowest BCUT2D eigenvalue weighted by Gasteiger charge is -2.05. The van der Waals surface area contributed by atoms with Crippen molar-refractivity contribution < 1.29 is 14.3 Å². The second kappa shape index (κ2) is 7.14. The Morgan fingerprint density at radius 1 is 1.24 bits per heavy atom. The number of carbonyl (C=O) groups excluding carboxylic acids is 2. The molecule has 0 heterocycles. The van der Waals surface area contributed by atoms with Crippen LogP contribution in [0, 0.1) is 0 Å². The maximum Gasteiger partial charge on any atom is 0.325 e. The standard InChI is InChI=1S/C11H11Cl2NO3/c12-5-6-17-10(15)7-14-11(16)8-1-3-9(13)4-2-8/h1-4H,5-7H2,(H,14,16). The van der Waals surface area contributed by atoms with E-state index in [-0.39, 0.29) is 24.9 Å². The van der Waals surface area contributed by atoms with E-state index in [1.165, 1.54) is 0 Å². The van der Waals surface area contributed by atoms with E-state index in [9.17, 15) is 9.59 Å². The largest absolute Gasteiger partial charge is 0.463 e. The number of carbonyl (C=O) groups is 2. The lowest BCUT2D eigenvalue weighted by Crippen LogP contribution is -2.30. The first-order chi connectivity index (χ1) is 8.13. The molecule has 0 bridgehead atoms. The van der Waals surface area contributed by atoms with Gasteiger partial charge in [-0.3, -0.25) is 9.59 Å². The van der Waals surface area contributed by atoms with Gasteiger partial charge in [-0.25, -0.2) is 0 Å². The number of ether oxygens (including phenoxy) is 1. The van der Waals surface area contributed by atoms with Crippen LogP contribution in [0.1, 0.15) is 10.4 Å². The SMILES string of the molecule is O=C(CNC(=O)c1ccc(Cl)cc1)OCCCl. The fraction of sp³-hybridized carbons (Fsp3) is 0.273. The van der Waals surface area contributed by atoms with Gasteiger partial charge in [-0.05, 0) is 24.3 Å². The summed E-state index contributed by atoms with van der Waals surface area (Å²) in [5.74, 6) is -0.644. The van der Waals surface area contributed by atoms with Gasteiger partial charge in [-0.15, -0.1) is 11.6 Å². The maximum absolute atomic E-state index is 11.5. The number of alkyl halides is 1. The average molecular weight is 276 g/mol. The summed E-state index contributed by atoms with van der Waals surface area (Å²) in [5, 5.41) is 2.97. The summed E-state index contributed by atoms with van der Waals surface area (Å²) in [4.78, 5) is 22.6. The first-order valence-electron chi connectivity index (χ1n) is 4.89. The molecule has 17 heavy (non-hydrogen) atoms. The van der Waals surface area contributed by atoms with Gasteiger partial charge in [0.05, 0.1) is 5.88 Å². The smallest absolute Gasteiger partial charge is 0.325 e. The molecule has 0 unspecified atom stereocenters. The summed E-state index contributed by atoms with van der Waals surface area (Å²) >= 11 is 11.0. The van der Waals surface area contributed by atoms with Crippen molar-refractivity contribution in [3.05, 3.63) is 34.9 Å². The van der Waals surface area contributed by atoms with Gasteiger partial charge in [-0.2, -0.15) is 0 Å². The van der Waals surface area contributed by atoms with Crippen LogP contribution >= 0.6 is 23.2 Å². The molecule has 0 saturated carbocycles. The molecule has 0 atom stereocenters. The van der Waals surface area contributed by atoms with Gasteiger partial charge in [0, 0.05) is 10.6 Å². The van der Waals surface area contributed by atoms with Crippen molar-refractivity contribution in [1.82, 2.24) is 5.32 Å². The molecule has 0 fully saturated rings. The van der Waals surface area contributed by atoms with Crippen LogP contribution in [0.5, 0.6) is 0 Å². The fourth-order valence-corrected chi connectivity index (χ4v) is 1.26. The van der Waals surface area contributed by atoms with Crippen LogP contribution in [-0.4, -0.2) is 30.9 Å². The number of benzene rings is 1. The summed E-state index contributed by atoms with van der Waals surface area (Å²) in [6, 6.07) is 6.34. The van der Waals surface area contributed by atoms with Crippen LogP contribution < -0.4 is 5.32 Å². The summed E-state index contributed by atoms with van der Waals surface area (Å²) in [7, 11) is 0. The fourth-order valence-electron chi connectivity index (χ4n) is 1.06. The summed E-state index contributed by atoms with van der Waals surface area (Å²) in [6.07, 6.45) is 0. The third kappa shape index (κ3) is 5.06. The molecule has 0 aliphatic rings. The highest BCUT2D eigenvalue weighted by Gasteiger charge is 2.08. The van der Waals surface area contributed by atoms with E-state index in [1.54, 1.807) is 24.3 Å². The molecule has 1 amide bonds. The Hall–Kier alpha value is -1.26. The molecule has 0 radical (unpaired) electrons. The molecular formula is C11H11Cl2NO3. The zero-order chi connectivity index (χ0) is 12.7. The van der Waals surface area contributed by atoms with E-state index in [0.29, 0.717) is 10.6 Å². The monoisotopic (exact) mass is 275 g/mol. The van der Waals surface area contributed by atoms with Crippen molar-refractivity contribution in [2.45, 2.75) is 0 Å². The Bertz CT molecular complexity index is 392. The molecule has 1 N–H and O–H groups in total. The molecule has 92 valence electrons. The van der Waals surface area contributed by atoms with E-state index in [2.05, 4.69) is 10.1 Å². The van der Waals surface area contributed by atoms with Gasteiger partial charge < -0.3 is 10.1 Å². The van der Waals surface area contributed by atoms with Crippen LogP contribution in [0.25, 0.3) is 0 Å². The van der Waals surface area contributed by atoms with Gasteiger partial charge in [0.15, 0.2) is 0 Å². The lowest BCUT2D eigenvalue weighted by atomic mass is 10.2. The molecule has 0 aliphatic heterocycles. The third-order valence-corrected chi connectivity index (χ3v) is 2.25. The van der Waals surface area contributed by atoms with Crippen LogP contribution in [-0.2, 0) is 9.53 Å². The molecule has 1 aromatic rings. The van der Waals surface area contributed by atoms with Gasteiger partial charge in [0.1, 0.15) is 13.2 Å². The Morgan fingerprint density at radius 2 is 1.88 bits per heavy atom. The maximum atomic E-state index is 11.5. The Morgan fingerprint density at radius 3 is 2.47 bits per heavy atom. The minimum atomic E-state index is -0.520. The van der Waals surface area contributed by atoms with Crippen molar-refractivity contribution in [3.63, 3.8) is 0 Å². The van der Waals surface area contributed by atoms with E-state index >= 15 is 0 Å². The molecular weight excluding hydrogens is 265 g/mol. The second-order valence-electron chi connectivity index (χ2n) is 3.10. The molecule has 0 saturated heterocycles. The number of nitrogens with one attached hydrogen (secondary N) is 1. The number of hydrogen-bond acceptors (Lipinski definition) is 3. The molecule has 0 aliphatic carbocycles. The summed E-state index contributed by atoms with van der Waals surface area (Å²) in [6.45, 7) is -0.0461. The predicted octanol–water partition coefficient (Wildman–Crippen LogP) is 1.85. The lowest BCUT2D eigenvalue weighted by molar-refractivity contribution is -0.141. The molecule has 1 aromatic carbocycles. The quantitative estimate of drug-likeness (QED) is 0.659. The van der Waals surface area contributed by atoms with E-state index in [4.69, 9.17) is 23.2 Å². The number of amides is 1. The van der Waals surface area contributed by atoms with Crippen molar-refractivity contribution in [2.75, 3.05) is 19.0 Å². The Labute approximate surface area is 109 Å². The van der Waals surface area contributed by atoms with Crippen molar-refractivity contribution in [2.24, 2.45) is 0 Å². The highest BCUT2D eigenvalue weighted by Crippen LogP contribution is 2.09. The predicted molar refractivity (Wildman–Crippen MR) is 65.5 cm³/mol. The van der Waals surface area contributed by atoms with Crippen molar-refractivity contribution in [3.8, 4) is 0 Å². The van der Waals surface area contributed by atoms with Crippen molar-refractivity contribution in [1.29, 1.82) is 0 Å². The molecule has 6 heteroatoms. The topological polar surface area (TPSA) is 55.4 Å². The second-order valence-corrected chi connectivity index (χ2v) is 3.91. The summed E-state index contributed by atoms with van der Waals surface area (Å²) < 4.78 is 4.69. The number of esters is 1.